The number of sulfonamides is 1. The van der Waals surface area contributed by atoms with E-state index < -0.39 is 16.0 Å². The molecule has 3 aromatic rings. The highest BCUT2D eigenvalue weighted by Crippen LogP contribution is 2.33. The van der Waals surface area contributed by atoms with E-state index in [-0.39, 0.29) is 22.9 Å². The number of fused-ring (bicyclic) bond motifs is 1. The zero-order chi connectivity index (χ0) is 18.0. The van der Waals surface area contributed by atoms with Gasteiger partial charge in [-0.1, -0.05) is 29.8 Å². The van der Waals surface area contributed by atoms with Crippen LogP contribution in [-0.4, -0.2) is 21.0 Å². The molecule has 6 nitrogen and oxygen atoms in total. The van der Waals surface area contributed by atoms with Crippen molar-refractivity contribution in [2.75, 3.05) is 11.3 Å². The van der Waals surface area contributed by atoms with Gasteiger partial charge in [-0.2, -0.15) is 0 Å². The predicted octanol–water partition coefficient (Wildman–Crippen LogP) is 3.72. The Kier molecular flexibility index (Phi) is 4.50. The maximum atomic E-state index is 12.7. The first-order chi connectivity index (χ1) is 11.9. The van der Waals surface area contributed by atoms with Gasteiger partial charge in [-0.3, -0.25) is 4.72 Å². The molecule has 0 bridgehead atoms. The quantitative estimate of drug-likeness (QED) is 0.702. The zero-order valence-corrected chi connectivity index (χ0v) is 14.6. The lowest BCUT2D eigenvalue weighted by Gasteiger charge is -2.08. The van der Waals surface area contributed by atoms with Crippen LogP contribution in [0.2, 0.25) is 0 Å². The minimum atomic E-state index is -3.88. The van der Waals surface area contributed by atoms with Crippen LogP contribution >= 0.6 is 0 Å². The van der Waals surface area contributed by atoms with Crippen molar-refractivity contribution in [1.29, 1.82) is 0 Å². The molecule has 0 saturated carbocycles. The molecule has 2 aromatic carbocycles. The van der Waals surface area contributed by atoms with Crippen LogP contribution in [0.5, 0.6) is 0 Å². The van der Waals surface area contributed by atoms with Crippen LogP contribution in [0.1, 0.15) is 23.0 Å². The Bertz CT molecular complexity index is 1020. The first-order valence-corrected chi connectivity index (χ1v) is 9.19. The number of anilines is 1. The Morgan fingerprint density at radius 1 is 1.12 bits per heavy atom. The molecule has 0 saturated heterocycles. The molecule has 0 fully saturated rings. The third-order valence-electron chi connectivity index (χ3n) is 3.62. The topological polar surface area (TPSA) is 85.6 Å². The van der Waals surface area contributed by atoms with E-state index in [1.165, 1.54) is 12.1 Å². The summed E-state index contributed by atoms with van der Waals surface area (Å²) >= 11 is 0. The van der Waals surface area contributed by atoms with E-state index in [9.17, 15) is 13.2 Å². The van der Waals surface area contributed by atoms with Gasteiger partial charge in [0.2, 0.25) is 5.76 Å². The molecule has 0 spiro atoms. The second-order valence-corrected chi connectivity index (χ2v) is 7.12. The van der Waals surface area contributed by atoms with E-state index in [0.717, 1.165) is 5.56 Å². The number of carbonyl (C=O) groups excluding carboxylic acids is 1. The highest BCUT2D eigenvalue weighted by molar-refractivity contribution is 7.92. The van der Waals surface area contributed by atoms with Crippen LogP contribution in [0, 0.1) is 6.92 Å². The molecule has 130 valence electrons. The van der Waals surface area contributed by atoms with Gasteiger partial charge in [-0.15, -0.1) is 0 Å². The smallest absolute Gasteiger partial charge is 0.376 e. The number of aryl methyl sites for hydroxylation is 1. The summed E-state index contributed by atoms with van der Waals surface area (Å²) in [6.45, 7) is 3.68. The van der Waals surface area contributed by atoms with E-state index in [1.807, 2.05) is 6.92 Å². The number of hydrogen-bond acceptors (Lipinski definition) is 5. The van der Waals surface area contributed by atoms with E-state index in [1.54, 1.807) is 43.3 Å². The Balaban J connectivity index is 2.09. The number of carbonyl (C=O) groups is 1. The predicted molar refractivity (Wildman–Crippen MR) is 94.2 cm³/mol. The molecule has 7 heteroatoms. The lowest BCUT2D eigenvalue weighted by Crippen LogP contribution is -2.15. The molecule has 0 atom stereocenters. The standard InChI is InChI=1S/C18H17NO5S/c1-3-23-18(20)17-16(14-6-4-5-7-15(14)24-17)19-25(21,22)13-10-8-12(2)9-11-13/h4-11,19H,3H2,1-2H3. The summed E-state index contributed by atoms with van der Waals surface area (Å²) in [6.07, 6.45) is 0. The molecule has 0 radical (unpaired) electrons. The molecule has 0 amide bonds. The largest absolute Gasteiger partial charge is 0.460 e. The maximum absolute atomic E-state index is 12.7. The number of nitrogens with one attached hydrogen (secondary N) is 1. The number of esters is 1. The van der Waals surface area contributed by atoms with Gasteiger partial charge in [-0.05, 0) is 38.1 Å². The normalized spacial score (nSPS) is 11.4. The highest BCUT2D eigenvalue weighted by atomic mass is 32.2. The van der Waals surface area contributed by atoms with Crippen LogP contribution in [-0.2, 0) is 14.8 Å². The van der Waals surface area contributed by atoms with Gasteiger partial charge in [0.15, 0.2) is 0 Å². The van der Waals surface area contributed by atoms with Crippen LogP contribution in [0.4, 0.5) is 5.69 Å². The molecular weight excluding hydrogens is 342 g/mol. The summed E-state index contributed by atoms with van der Waals surface area (Å²) in [5.41, 5.74) is 1.42. The van der Waals surface area contributed by atoms with Gasteiger partial charge in [0.1, 0.15) is 11.3 Å². The second-order valence-electron chi connectivity index (χ2n) is 5.44. The molecule has 25 heavy (non-hydrogen) atoms. The Labute approximate surface area is 145 Å². The van der Waals surface area contributed by atoms with Crippen molar-refractivity contribution >= 4 is 32.6 Å². The monoisotopic (exact) mass is 359 g/mol. The number of furan rings is 1. The van der Waals surface area contributed by atoms with E-state index in [4.69, 9.17) is 9.15 Å². The van der Waals surface area contributed by atoms with Crippen LogP contribution < -0.4 is 4.72 Å². The van der Waals surface area contributed by atoms with Gasteiger partial charge in [0.05, 0.1) is 11.5 Å². The third kappa shape index (κ3) is 3.36. The van der Waals surface area contributed by atoms with Crippen molar-refractivity contribution in [2.24, 2.45) is 0 Å². The molecule has 0 unspecified atom stereocenters. The van der Waals surface area contributed by atoms with Crippen LogP contribution in [0.25, 0.3) is 11.0 Å². The first kappa shape index (κ1) is 17.0. The molecule has 1 aromatic heterocycles. The van der Waals surface area contributed by atoms with E-state index >= 15 is 0 Å². The van der Waals surface area contributed by atoms with Crippen molar-refractivity contribution < 1.29 is 22.4 Å². The fourth-order valence-corrected chi connectivity index (χ4v) is 3.48. The summed E-state index contributed by atoms with van der Waals surface area (Å²) in [7, 11) is -3.88. The van der Waals surface area contributed by atoms with Crippen molar-refractivity contribution in [3.05, 3.63) is 59.9 Å². The average molecular weight is 359 g/mol. The van der Waals surface area contributed by atoms with Gasteiger partial charge < -0.3 is 9.15 Å². The highest BCUT2D eigenvalue weighted by Gasteiger charge is 2.26. The number of ether oxygens (including phenoxy) is 1. The molecule has 0 aliphatic carbocycles. The van der Waals surface area contributed by atoms with Gasteiger partial charge in [-0.25, -0.2) is 13.2 Å². The van der Waals surface area contributed by atoms with Crippen LogP contribution in [0.15, 0.2) is 57.8 Å². The summed E-state index contributed by atoms with van der Waals surface area (Å²) < 4.78 is 38.3. The fraction of sp³-hybridized carbons (Fsp3) is 0.167. The summed E-state index contributed by atoms with van der Waals surface area (Å²) in [5.74, 6) is -0.890. The van der Waals surface area contributed by atoms with Crippen molar-refractivity contribution in [1.82, 2.24) is 0 Å². The molecule has 0 aliphatic heterocycles. The fourth-order valence-electron chi connectivity index (χ4n) is 2.40. The van der Waals surface area contributed by atoms with E-state index in [2.05, 4.69) is 4.72 Å². The van der Waals surface area contributed by atoms with Crippen LogP contribution in [0.3, 0.4) is 0 Å². The summed E-state index contributed by atoms with van der Waals surface area (Å²) in [6, 6.07) is 13.2. The molecule has 3 rings (SSSR count). The third-order valence-corrected chi connectivity index (χ3v) is 4.99. The molecule has 1 heterocycles. The lowest BCUT2D eigenvalue weighted by atomic mass is 10.2. The van der Waals surface area contributed by atoms with Gasteiger partial charge in [0.25, 0.3) is 10.0 Å². The number of benzene rings is 2. The molecule has 0 aliphatic rings. The van der Waals surface area contributed by atoms with Crippen molar-refractivity contribution in [3.63, 3.8) is 0 Å². The Morgan fingerprint density at radius 2 is 1.80 bits per heavy atom. The maximum Gasteiger partial charge on any atom is 0.376 e. The number of rotatable bonds is 5. The Morgan fingerprint density at radius 3 is 2.48 bits per heavy atom. The first-order valence-electron chi connectivity index (χ1n) is 7.70. The zero-order valence-electron chi connectivity index (χ0n) is 13.8. The SMILES string of the molecule is CCOC(=O)c1oc2ccccc2c1NS(=O)(=O)c1ccc(C)cc1. The molecule has 1 N–H and O–H groups in total. The van der Waals surface area contributed by atoms with Gasteiger partial charge in [0, 0.05) is 5.39 Å². The summed E-state index contributed by atoms with van der Waals surface area (Å²) in [5, 5.41) is 0.487. The van der Waals surface area contributed by atoms with Crippen molar-refractivity contribution in [2.45, 2.75) is 18.7 Å². The van der Waals surface area contributed by atoms with E-state index in [0.29, 0.717) is 11.0 Å². The minimum Gasteiger partial charge on any atom is -0.460 e. The summed E-state index contributed by atoms with van der Waals surface area (Å²) in [4.78, 5) is 12.2. The lowest BCUT2D eigenvalue weighted by molar-refractivity contribution is 0.0494. The average Bonchev–Trinajstić information content (AvgIpc) is 2.94. The second kappa shape index (κ2) is 6.60. The van der Waals surface area contributed by atoms with Gasteiger partial charge >= 0.3 is 5.97 Å². The number of para-hydroxylation sites is 1. The number of hydrogen-bond donors (Lipinski definition) is 1. The Hall–Kier alpha value is -2.80. The molecular formula is C18H17NO5S. The minimum absolute atomic E-state index is 0.0784. The van der Waals surface area contributed by atoms with Crippen molar-refractivity contribution in [3.8, 4) is 0 Å².